The Labute approximate surface area is 121 Å². The largest absolute Gasteiger partial charge is 0.481 e. The van der Waals surface area contributed by atoms with E-state index in [1.165, 1.54) is 18.2 Å². The van der Waals surface area contributed by atoms with E-state index in [9.17, 15) is 13.2 Å². The van der Waals surface area contributed by atoms with Crippen LogP contribution < -0.4 is 4.72 Å². The molecule has 0 aromatic heterocycles. The number of carboxylic acid groups (broad SMARTS) is 1. The number of aliphatic carboxylic acids is 1. The Morgan fingerprint density at radius 1 is 1.16 bits per heavy atom. The Morgan fingerprint density at radius 2 is 1.74 bits per heavy atom. The maximum atomic E-state index is 11.9. The molecule has 0 heterocycles. The molecule has 1 aromatic carbocycles. The Bertz CT molecular complexity index is 540. The normalized spacial score (nSPS) is 11.5. The fourth-order valence-electron chi connectivity index (χ4n) is 1.37. The van der Waals surface area contributed by atoms with Crippen molar-refractivity contribution in [2.24, 2.45) is 0 Å². The summed E-state index contributed by atoms with van der Waals surface area (Å²) in [4.78, 5) is 10.3. The molecular weight excluding hydrogens is 313 g/mol. The van der Waals surface area contributed by atoms with Crippen molar-refractivity contribution in [1.82, 2.24) is 4.72 Å². The van der Waals surface area contributed by atoms with Crippen molar-refractivity contribution >= 4 is 39.2 Å². The standard InChI is InChI=1S/C11H13Cl2NO4S/c12-8-5-9(13)7-10(6-8)19(17,18)14-4-2-1-3-11(15)16/h5-7,14H,1-4H2,(H,15,16). The number of carboxylic acids is 1. The second-order valence-corrected chi connectivity index (χ2v) is 6.49. The topological polar surface area (TPSA) is 83.5 Å². The van der Waals surface area contributed by atoms with Gasteiger partial charge in [-0.15, -0.1) is 0 Å². The van der Waals surface area contributed by atoms with Gasteiger partial charge in [-0.3, -0.25) is 4.79 Å². The fourth-order valence-corrected chi connectivity index (χ4v) is 3.17. The molecule has 0 fully saturated rings. The fraction of sp³-hybridized carbons (Fsp3) is 0.364. The van der Waals surface area contributed by atoms with Gasteiger partial charge in [0.1, 0.15) is 0 Å². The van der Waals surface area contributed by atoms with Crippen molar-refractivity contribution in [2.45, 2.75) is 24.2 Å². The first kappa shape index (κ1) is 16.2. The maximum absolute atomic E-state index is 11.9. The Morgan fingerprint density at radius 3 is 2.26 bits per heavy atom. The molecule has 0 aliphatic carbocycles. The van der Waals surface area contributed by atoms with Crippen LogP contribution in [0.5, 0.6) is 0 Å². The number of nitrogens with one attached hydrogen (secondary N) is 1. The summed E-state index contributed by atoms with van der Waals surface area (Å²) in [5.41, 5.74) is 0. The Hall–Kier alpha value is -0.820. The molecule has 106 valence electrons. The highest BCUT2D eigenvalue weighted by molar-refractivity contribution is 7.89. The molecule has 0 spiro atoms. The number of carbonyl (C=O) groups is 1. The number of rotatable bonds is 7. The molecule has 5 nitrogen and oxygen atoms in total. The number of hydrogen-bond acceptors (Lipinski definition) is 3. The van der Waals surface area contributed by atoms with E-state index < -0.39 is 16.0 Å². The van der Waals surface area contributed by atoms with Crippen molar-refractivity contribution in [2.75, 3.05) is 6.54 Å². The molecule has 0 bridgehead atoms. The van der Waals surface area contributed by atoms with E-state index in [1.807, 2.05) is 0 Å². The van der Waals surface area contributed by atoms with E-state index in [2.05, 4.69) is 4.72 Å². The number of benzene rings is 1. The number of sulfonamides is 1. The van der Waals surface area contributed by atoms with Crippen molar-refractivity contribution in [3.63, 3.8) is 0 Å². The molecule has 0 aliphatic rings. The third kappa shape index (κ3) is 5.78. The first-order valence-corrected chi connectivity index (χ1v) is 7.73. The zero-order chi connectivity index (χ0) is 14.5. The molecule has 2 N–H and O–H groups in total. The molecule has 0 aliphatic heterocycles. The smallest absolute Gasteiger partial charge is 0.303 e. The summed E-state index contributed by atoms with van der Waals surface area (Å²) in [5.74, 6) is -0.899. The second-order valence-electron chi connectivity index (χ2n) is 3.85. The van der Waals surface area contributed by atoms with Crippen LogP contribution in [0.2, 0.25) is 10.0 Å². The van der Waals surface area contributed by atoms with Gasteiger partial charge < -0.3 is 5.11 Å². The molecule has 0 unspecified atom stereocenters. The van der Waals surface area contributed by atoms with Crippen molar-refractivity contribution < 1.29 is 18.3 Å². The molecule has 0 saturated heterocycles. The summed E-state index contributed by atoms with van der Waals surface area (Å²) in [6, 6.07) is 4.04. The van der Waals surface area contributed by atoms with Gasteiger partial charge in [-0.2, -0.15) is 0 Å². The molecule has 1 rings (SSSR count). The molecule has 8 heteroatoms. The summed E-state index contributed by atoms with van der Waals surface area (Å²) >= 11 is 11.5. The van der Waals surface area contributed by atoms with E-state index in [1.54, 1.807) is 0 Å². The minimum absolute atomic E-state index is 0.0109. The lowest BCUT2D eigenvalue weighted by Gasteiger charge is -2.07. The van der Waals surface area contributed by atoms with E-state index in [-0.39, 0.29) is 27.9 Å². The van der Waals surface area contributed by atoms with Crippen LogP contribution in [0.25, 0.3) is 0 Å². The highest BCUT2D eigenvalue weighted by Gasteiger charge is 2.14. The zero-order valence-corrected chi connectivity index (χ0v) is 12.2. The summed E-state index contributed by atoms with van der Waals surface area (Å²) in [7, 11) is -3.67. The average Bonchev–Trinajstić information content (AvgIpc) is 2.26. The van der Waals surface area contributed by atoms with Crippen molar-refractivity contribution in [3.05, 3.63) is 28.2 Å². The van der Waals surface area contributed by atoms with Crippen LogP contribution in [0.4, 0.5) is 0 Å². The van der Waals surface area contributed by atoms with E-state index in [0.29, 0.717) is 12.8 Å². The summed E-state index contributed by atoms with van der Waals surface area (Å²) in [6.45, 7) is 0.166. The van der Waals surface area contributed by atoms with Crippen LogP contribution in [0.3, 0.4) is 0 Å². The molecule has 0 atom stereocenters. The third-order valence-corrected chi connectivity index (χ3v) is 4.13. The van der Waals surface area contributed by atoms with Gasteiger partial charge in [-0.25, -0.2) is 13.1 Å². The average molecular weight is 326 g/mol. The van der Waals surface area contributed by atoms with Gasteiger partial charge in [0.25, 0.3) is 0 Å². The first-order chi connectivity index (χ1) is 8.81. The monoisotopic (exact) mass is 325 g/mol. The molecule has 1 aromatic rings. The van der Waals surface area contributed by atoms with Crippen LogP contribution in [0, 0.1) is 0 Å². The van der Waals surface area contributed by atoms with Crippen molar-refractivity contribution in [3.8, 4) is 0 Å². The van der Waals surface area contributed by atoms with E-state index in [4.69, 9.17) is 28.3 Å². The number of unbranched alkanes of at least 4 members (excludes halogenated alkanes) is 1. The maximum Gasteiger partial charge on any atom is 0.303 e. The summed E-state index contributed by atoms with van der Waals surface area (Å²) in [6.07, 6.45) is 0.874. The van der Waals surface area contributed by atoms with Gasteiger partial charge in [-0.1, -0.05) is 23.2 Å². The van der Waals surface area contributed by atoms with Crippen LogP contribution >= 0.6 is 23.2 Å². The van der Waals surface area contributed by atoms with Gasteiger partial charge in [0.05, 0.1) is 4.90 Å². The summed E-state index contributed by atoms with van der Waals surface area (Å²) in [5, 5.41) is 8.91. The Kier molecular flexibility index (Phi) is 6.06. The minimum atomic E-state index is -3.67. The third-order valence-electron chi connectivity index (χ3n) is 2.26. The number of halogens is 2. The molecule has 19 heavy (non-hydrogen) atoms. The predicted octanol–water partition coefficient (Wildman–Crippen LogP) is 2.53. The first-order valence-electron chi connectivity index (χ1n) is 5.49. The van der Waals surface area contributed by atoms with Gasteiger partial charge >= 0.3 is 5.97 Å². The summed E-state index contributed by atoms with van der Waals surface area (Å²) < 4.78 is 26.1. The molecular formula is C11H13Cl2NO4S. The quantitative estimate of drug-likeness (QED) is 0.754. The lowest BCUT2D eigenvalue weighted by atomic mass is 10.2. The van der Waals surface area contributed by atoms with Crippen LogP contribution in [0.1, 0.15) is 19.3 Å². The molecule has 0 saturated carbocycles. The van der Waals surface area contributed by atoms with Crippen LogP contribution in [-0.2, 0) is 14.8 Å². The van der Waals surface area contributed by atoms with Crippen LogP contribution in [0.15, 0.2) is 23.1 Å². The zero-order valence-electron chi connectivity index (χ0n) is 9.90. The van der Waals surface area contributed by atoms with E-state index in [0.717, 1.165) is 0 Å². The van der Waals surface area contributed by atoms with E-state index >= 15 is 0 Å². The van der Waals surface area contributed by atoms with Gasteiger partial charge in [0, 0.05) is 23.0 Å². The number of hydrogen-bond donors (Lipinski definition) is 2. The van der Waals surface area contributed by atoms with Gasteiger partial charge in [0.2, 0.25) is 10.0 Å². The minimum Gasteiger partial charge on any atom is -0.481 e. The molecule has 0 radical (unpaired) electrons. The SMILES string of the molecule is O=C(O)CCCCNS(=O)(=O)c1cc(Cl)cc(Cl)c1. The van der Waals surface area contributed by atoms with Gasteiger partial charge in [-0.05, 0) is 31.0 Å². The van der Waals surface area contributed by atoms with Crippen LogP contribution in [-0.4, -0.2) is 26.0 Å². The highest BCUT2D eigenvalue weighted by Crippen LogP contribution is 2.22. The lowest BCUT2D eigenvalue weighted by Crippen LogP contribution is -2.24. The lowest BCUT2D eigenvalue weighted by molar-refractivity contribution is -0.137. The Balaban J connectivity index is 2.58. The highest BCUT2D eigenvalue weighted by atomic mass is 35.5. The molecule has 0 amide bonds. The second kappa shape index (κ2) is 7.09. The predicted molar refractivity (Wildman–Crippen MR) is 73.1 cm³/mol. The van der Waals surface area contributed by atoms with Crippen molar-refractivity contribution in [1.29, 1.82) is 0 Å². The van der Waals surface area contributed by atoms with Gasteiger partial charge in [0.15, 0.2) is 0 Å².